The number of nitrogens with zero attached hydrogens (tertiary/aromatic N) is 1. The highest BCUT2D eigenvalue weighted by Crippen LogP contribution is 2.27. The second-order valence-corrected chi connectivity index (χ2v) is 5.76. The first-order valence-corrected chi connectivity index (χ1v) is 6.26. The molecule has 1 atom stereocenters. The van der Waals surface area contributed by atoms with E-state index >= 15 is 0 Å². The van der Waals surface area contributed by atoms with Crippen LogP contribution < -0.4 is 0 Å². The minimum atomic E-state index is -3.07. The highest BCUT2D eigenvalue weighted by Gasteiger charge is 2.19. The minimum Gasteiger partial charge on any atom is -0.258 e. The predicted molar refractivity (Wildman–Crippen MR) is 55.8 cm³/mol. The zero-order valence-corrected chi connectivity index (χ0v) is 9.59. The van der Waals surface area contributed by atoms with Crippen molar-refractivity contribution in [3.8, 4) is 0 Å². The lowest BCUT2D eigenvalue weighted by Gasteiger charge is -2.02. The number of nitro groups is 1. The van der Waals surface area contributed by atoms with Gasteiger partial charge >= 0.3 is 0 Å². The van der Waals surface area contributed by atoms with E-state index in [0.717, 1.165) is 6.26 Å². The quantitative estimate of drug-likeness (QED) is 0.666. The van der Waals surface area contributed by atoms with Gasteiger partial charge in [-0.3, -0.25) is 10.1 Å². The SMILES string of the molecule is CS(=N)(=O)c1cc(Br)ccc1[N+](=O)[O-]. The summed E-state index contributed by atoms with van der Waals surface area (Å²) in [5, 5.41) is 10.6. The Balaban J connectivity index is 3.54. The maximum Gasteiger partial charge on any atom is 0.286 e. The summed E-state index contributed by atoms with van der Waals surface area (Å²) in [5.74, 6) is 0. The first-order valence-electron chi connectivity index (χ1n) is 3.50. The fourth-order valence-electron chi connectivity index (χ4n) is 0.951. The smallest absolute Gasteiger partial charge is 0.258 e. The molecule has 0 saturated carbocycles. The average Bonchev–Trinajstić information content (AvgIpc) is 2.01. The average molecular weight is 279 g/mol. The molecule has 0 fully saturated rings. The van der Waals surface area contributed by atoms with Crippen molar-refractivity contribution in [3.05, 3.63) is 32.8 Å². The second-order valence-electron chi connectivity index (χ2n) is 2.71. The van der Waals surface area contributed by atoms with Gasteiger partial charge in [-0.05, 0) is 12.1 Å². The van der Waals surface area contributed by atoms with Gasteiger partial charge in [0.25, 0.3) is 5.69 Å². The molecular formula is C7H7BrN2O3S. The molecule has 1 aromatic carbocycles. The molecule has 0 bridgehead atoms. The highest BCUT2D eigenvalue weighted by atomic mass is 79.9. The summed E-state index contributed by atoms with van der Waals surface area (Å²) in [6, 6.07) is 4.05. The summed E-state index contributed by atoms with van der Waals surface area (Å²) in [6.07, 6.45) is 1.15. The summed E-state index contributed by atoms with van der Waals surface area (Å²) in [4.78, 5) is 9.86. The lowest BCUT2D eigenvalue weighted by Crippen LogP contribution is -2.01. The van der Waals surface area contributed by atoms with Crippen molar-refractivity contribution in [2.45, 2.75) is 4.90 Å². The van der Waals surface area contributed by atoms with Crippen LogP contribution in [-0.2, 0) is 9.73 Å². The molecule has 1 unspecified atom stereocenters. The molecule has 5 nitrogen and oxygen atoms in total. The van der Waals surface area contributed by atoms with E-state index in [-0.39, 0.29) is 10.6 Å². The molecule has 1 rings (SSSR count). The standard InChI is InChI=1S/C7H7BrN2O3S/c1-14(9,13)7-4-5(8)2-3-6(7)10(11)12/h2-4,9H,1H3. The fourth-order valence-corrected chi connectivity index (χ4v) is 2.36. The van der Waals surface area contributed by atoms with Gasteiger partial charge < -0.3 is 0 Å². The molecule has 0 aliphatic rings. The molecule has 0 amide bonds. The first kappa shape index (κ1) is 11.1. The Morgan fingerprint density at radius 1 is 1.57 bits per heavy atom. The van der Waals surface area contributed by atoms with Crippen LogP contribution >= 0.6 is 15.9 Å². The molecule has 7 heteroatoms. The highest BCUT2D eigenvalue weighted by molar-refractivity contribution is 9.10. The zero-order valence-electron chi connectivity index (χ0n) is 7.19. The Morgan fingerprint density at radius 3 is 2.57 bits per heavy atom. The summed E-state index contributed by atoms with van der Waals surface area (Å²) in [6.45, 7) is 0. The summed E-state index contributed by atoms with van der Waals surface area (Å²) in [5.41, 5.74) is -0.282. The number of benzene rings is 1. The molecule has 1 N–H and O–H groups in total. The Bertz CT molecular complexity index is 484. The van der Waals surface area contributed by atoms with Gasteiger partial charge in [-0.1, -0.05) is 15.9 Å². The number of nitrogens with one attached hydrogen (secondary N) is 1. The normalized spacial score (nSPS) is 14.7. The predicted octanol–water partition coefficient (Wildman–Crippen LogP) is 2.39. The van der Waals surface area contributed by atoms with Crippen LogP contribution in [0.2, 0.25) is 0 Å². The molecule has 76 valence electrons. The van der Waals surface area contributed by atoms with Crippen molar-refractivity contribution in [1.29, 1.82) is 4.78 Å². The van der Waals surface area contributed by atoms with Crippen LogP contribution in [0, 0.1) is 14.9 Å². The van der Waals surface area contributed by atoms with Gasteiger partial charge in [0.15, 0.2) is 0 Å². The first-order chi connectivity index (χ1) is 6.32. The van der Waals surface area contributed by atoms with E-state index in [9.17, 15) is 14.3 Å². The molecule has 0 spiro atoms. The van der Waals surface area contributed by atoms with E-state index in [1.807, 2.05) is 0 Å². The van der Waals surface area contributed by atoms with Gasteiger partial charge in [0, 0.05) is 16.8 Å². The largest absolute Gasteiger partial charge is 0.286 e. The Morgan fingerprint density at radius 2 is 2.14 bits per heavy atom. The van der Waals surface area contributed by atoms with Gasteiger partial charge in [0.05, 0.1) is 14.7 Å². The van der Waals surface area contributed by atoms with Gasteiger partial charge in [0.1, 0.15) is 4.90 Å². The molecule has 0 saturated heterocycles. The van der Waals surface area contributed by atoms with Crippen LogP contribution in [0.25, 0.3) is 0 Å². The number of hydrogen-bond acceptors (Lipinski definition) is 4. The maximum atomic E-state index is 11.4. The molecule has 1 aromatic rings. The monoisotopic (exact) mass is 278 g/mol. The van der Waals surface area contributed by atoms with E-state index in [4.69, 9.17) is 4.78 Å². The summed E-state index contributed by atoms with van der Waals surface area (Å²) in [7, 11) is -3.07. The van der Waals surface area contributed by atoms with E-state index < -0.39 is 14.7 Å². The molecular weight excluding hydrogens is 272 g/mol. The lowest BCUT2D eigenvalue weighted by molar-refractivity contribution is -0.387. The maximum absolute atomic E-state index is 11.4. The lowest BCUT2D eigenvalue weighted by atomic mass is 10.3. The molecule has 0 heterocycles. The Hall–Kier alpha value is -0.950. The van der Waals surface area contributed by atoms with Crippen molar-refractivity contribution in [2.24, 2.45) is 0 Å². The third kappa shape index (κ3) is 2.30. The van der Waals surface area contributed by atoms with Crippen LogP contribution in [0.5, 0.6) is 0 Å². The molecule has 0 aromatic heterocycles. The zero-order chi connectivity index (χ0) is 10.9. The number of hydrogen-bond donors (Lipinski definition) is 1. The summed E-state index contributed by atoms with van der Waals surface area (Å²) < 4.78 is 19.3. The Kier molecular flexibility index (Phi) is 2.91. The van der Waals surface area contributed by atoms with Gasteiger partial charge in [-0.25, -0.2) is 8.99 Å². The fraction of sp³-hybridized carbons (Fsp3) is 0.143. The topological polar surface area (TPSA) is 84.1 Å². The van der Waals surface area contributed by atoms with E-state index in [1.54, 1.807) is 0 Å². The van der Waals surface area contributed by atoms with Gasteiger partial charge in [0.2, 0.25) is 0 Å². The van der Waals surface area contributed by atoms with E-state index in [1.165, 1.54) is 18.2 Å². The second kappa shape index (κ2) is 3.66. The van der Waals surface area contributed by atoms with Gasteiger partial charge in [-0.15, -0.1) is 0 Å². The van der Waals surface area contributed by atoms with Crippen LogP contribution in [0.4, 0.5) is 5.69 Å². The van der Waals surface area contributed by atoms with Crippen molar-refractivity contribution in [1.82, 2.24) is 0 Å². The third-order valence-electron chi connectivity index (χ3n) is 1.54. The van der Waals surface area contributed by atoms with Gasteiger partial charge in [-0.2, -0.15) is 0 Å². The van der Waals surface area contributed by atoms with Crippen LogP contribution in [0.15, 0.2) is 27.6 Å². The van der Waals surface area contributed by atoms with Crippen molar-refractivity contribution >= 4 is 31.3 Å². The van der Waals surface area contributed by atoms with E-state index in [0.29, 0.717) is 4.47 Å². The van der Waals surface area contributed by atoms with Crippen molar-refractivity contribution in [2.75, 3.05) is 6.26 Å². The Labute approximate surface area is 89.4 Å². The van der Waals surface area contributed by atoms with Crippen LogP contribution in [-0.4, -0.2) is 15.4 Å². The number of nitro benzene ring substituents is 1. The third-order valence-corrected chi connectivity index (χ3v) is 3.20. The number of halogens is 1. The van der Waals surface area contributed by atoms with Crippen molar-refractivity contribution < 1.29 is 9.13 Å². The number of rotatable bonds is 2. The van der Waals surface area contributed by atoms with E-state index in [2.05, 4.69) is 15.9 Å². The van der Waals surface area contributed by atoms with Crippen LogP contribution in [0.1, 0.15) is 0 Å². The molecule has 14 heavy (non-hydrogen) atoms. The molecule has 0 radical (unpaired) electrons. The molecule has 0 aliphatic heterocycles. The minimum absolute atomic E-state index is 0.0584. The molecule has 0 aliphatic carbocycles. The van der Waals surface area contributed by atoms with Crippen LogP contribution in [0.3, 0.4) is 0 Å². The van der Waals surface area contributed by atoms with Crippen molar-refractivity contribution in [3.63, 3.8) is 0 Å². The summed E-state index contributed by atoms with van der Waals surface area (Å²) >= 11 is 3.11.